The van der Waals surface area contributed by atoms with Crippen molar-refractivity contribution in [2.24, 2.45) is 0 Å². The molecule has 0 unspecified atom stereocenters. The fourth-order valence-electron chi connectivity index (χ4n) is 0.253. The highest BCUT2D eigenvalue weighted by Crippen LogP contribution is 1.62. The highest BCUT2D eigenvalue weighted by molar-refractivity contribution is 6.26. The van der Waals surface area contributed by atoms with E-state index >= 15 is 0 Å². The van der Waals surface area contributed by atoms with Gasteiger partial charge in [0.05, 0.1) is 6.54 Å². The molecule has 0 aliphatic carbocycles. The van der Waals surface area contributed by atoms with Gasteiger partial charge in [0.15, 0.2) is 6.29 Å². The highest BCUT2D eigenvalue weighted by Gasteiger charge is 1.97. The largest absolute Gasteiger partial charge is 0.349 e. The number of ketones is 1. The summed E-state index contributed by atoms with van der Waals surface area (Å²) in [7, 11) is 0. The van der Waals surface area contributed by atoms with Gasteiger partial charge in [0.2, 0.25) is 11.7 Å². The van der Waals surface area contributed by atoms with Crippen LogP contribution in [-0.4, -0.2) is 24.5 Å². The number of carbonyl (C=O) groups is 3. The van der Waals surface area contributed by atoms with Crippen LogP contribution in [0.4, 0.5) is 0 Å². The van der Waals surface area contributed by atoms with E-state index in [2.05, 4.69) is 5.32 Å². The van der Waals surface area contributed by atoms with Crippen LogP contribution >= 0.6 is 0 Å². The molecule has 50 valence electrons. The third-order valence-electron chi connectivity index (χ3n) is 0.643. The van der Waals surface area contributed by atoms with E-state index in [9.17, 15) is 14.4 Å². The van der Waals surface area contributed by atoms with Crippen molar-refractivity contribution in [3.63, 3.8) is 0 Å². The predicted octanol–water partition coefficient (Wildman–Crippen LogP) is -1.11. The smallest absolute Gasteiger partial charge is 0.217 e. The summed E-state index contributed by atoms with van der Waals surface area (Å²) in [5, 5.41) is 2.18. The lowest BCUT2D eigenvalue weighted by Crippen LogP contribution is -2.27. The Morgan fingerprint density at radius 2 is 2.11 bits per heavy atom. The molecule has 0 rings (SSSR count). The maximum atomic E-state index is 10.1. The number of Topliss-reactive ketones (excluding diaryl/α,β-unsaturated/α-hetero) is 1. The third-order valence-corrected chi connectivity index (χ3v) is 0.643. The van der Waals surface area contributed by atoms with E-state index in [0.29, 0.717) is 0 Å². The summed E-state index contributed by atoms with van der Waals surface area (Å²) < 4.78 is 0. The Balaban J connectivity index is 3.39. The van der Waals surface area contributed by atoms with Crippen LogP contribution < -0.4 is 5.32 Å². The summed E-state index contributed by atoms with van der Waals surface area (Å²) in [5.41, 5.74) is 0. The number of rotatable bonds is 3. The van der Waals surface area contributed by atoms with Crippen LogP contribution in [0.25, 0.3) is 0 Å². The number of aldehydes is 1. The van der Waals surface area contributed by atoms with Crippen LogP contribution in [0.1, 0.15) is 6.92 Å². The molecule has 0 fully saturated rings. The van der Waals surface area contributed by atoms with Crippen LogP contribution in [0.2, 0.25) is 0 Å². The molecule has 4 heteroatoms. The average molecular weight is 129 g/mol. The normalized spacial score (nSPS) is 8.11. The monoisotopic (exact) mass is 129 g/mol. The van der Waals surface area contributed by atoms with E-state index < -0.39 is 5.78 Å². The molecular weight excluding hydrogens is 122 g/mol. The van der Waals surface area contributed by atoms with Crippen molar-refractivity contribution < 1.29 is 14.4 Å². The lowest BCUT2D eigenvalue weighted by molar-refractivity contribution is -0.130. The molecule has 0 aromatic rings. The lowest BCUT2D eigenvalue weighted by Gasteiger charge is -1.92. The van der Waals surface area contributed by atoms with Gasteiger partial charge in [0.25, 0.3) is 0 Å². The second-order valence-electron chi connectivity index (χ2n) is 1.49. The molecule has 0 aliphatic rings. The Morgan fingerprint density at radius 1 is 1.56 bits per heavy atom. The van der Waals surface area contributed by atoms with Crippen LogP contribution in [0, 0.1) is 0 Å². The maximum Gasteiger partial charge on any atom is 0.217 e. The van der Waals surface area contributed by atoms with Crippen molar-refractivity contribution in [3.05, 3.63) is 0 Å². The summed E-state index contributed by atoms with van der Waals surface area (Å²) in [6.07, 6.45) is 0.177. The van der Waals surface area contributed by atoms with Crippen LogP contribution in [-0.2, 0) is 14.4 Å². The first-order chi connectivity index (χ1) is 4.16. The SMILES string of the molecule is CC(=O)NCC(=O)C=O. The van der Waals surface area contributed by atoms with E-state index in [0.717, 1.165) is 0 Å². The van der Waals surface area contributed by atoms with Crippen LogP contribution in [0.5, 0.6) is 0 Å². The minimum Gasteiger partial charge on any atom is -0.349 e. The van der Waals surface area contributed by atoms with Crippen LogP contribution in [0.3, 0.4) is 0 Å². The summed E-state index contributed by atoms with van der Waals surface area (Å²) >= 11 is 0. The quantitative estimate of drug-likeness (QED) is 0.388. The number of nitrogens with one attached hydrogen (secondary N) is 1. The fraction of sp³-hybridized carbons (Fsp3) is 0.400. The van der Waals surface area contributed by atoms with Gasteiger partial charge in [-0.05, 0) is 0 Å². The average Bonchev–Trinajstić information content (AvgIpc) is 1.83. The molecule has 0 aromatic carbocycles. The standard InChI is InChI=1S/C5H7NO3/c1-4(8)6-2-5(9)3-7/h3H,2H2,1H3,(H,6,8). The topological polar surface area (TPSA) is 63.2 Å². The zero-order valence-corrected chi connectivity index (χ0v) is 5.01. The van der Waals surface area contributed by atoms with Crippen molar-refractivity contribution in [2.75, 3.05) is 6.54 Å². The fourth-order valence-corrected chi connectivity index (χ4v) is 0.253. The molecule has 0 heterocycles. The number of hydrogen-bond donors (Lipinski definition) is 1. The first-order valence-electron chi connectivity index (χ1n) is 2.39. The zero-order valence-electron chi connectivity index (χ0n) is 5.01. The van der Waals surface area contributed by atoms with Gasteiger partial charge >= 0.3 is 0 Å². The number of amides is 1. The second-order valence-corrected chi connectivity index (χ2v) is 1.49. The van der Waals surface area contributed by atoms with E-state index in [4.69, 9.17) is 0 Å². The second kappa shape index (κ2) is 3.77. The van der Waals surface area contributed by atoms with E-state index in [1.54, 1.807) is 0 Å². The van der Waals surface area contributed by atoms with Gasteiger partial charge < -0.3 is 5.32 Å². The van der Waals surface area contributed by atoms with Crippen molar-refractivity contribution in [1.29, 1.82) is 0 Å². The summed E-state index contributed by atoms with van der Waals surface area (Å²) in [6, 6.07) is 0. The minimum absolute atomic E-state index is 0.177. The predicted molar refractivity (Wildman–Crippen MR) is 29.8 cm³/mol. The summed E-state index contributed by atoms with van der Waals surface area (Å²) in [4.78, 5) is 29.8. The van der Waals surface area contributed by atoms with Gasteiger partial charge in [-0.2, -0.15) is 0 Å². The molecule has 0 radical (unpaired) electrons. The molecule has 0 bridgehead atoms. The molecule has 0 spiro atoms. The Kier molecular flexibility index (Phi) is 3.27. The van der Waals surface area contributed by atoms with Gasteiger partial charge in [0, 0.05) is 6.92 Å². The van der Waals surface area contributed by atoms with Gasteiger partial charge in [-0.1, -0.05) is 0 Å². The Hall–Kier alpha value is -1.19. The number of hydrogen-bond acceptors (Lipinski definition) is 3. The number of carbonyl (C=O) groups excluding carboxylic acids is 3. The van der Waals surface area contributed by atoms with Crippen molar-refractivity contribution in [2.45, 2.75) is 6.92 Å². The molecule has 4 nitrogen and oxygen atoms in total. The molecule has 0 aliphatic heterocycles. The van der Waals surface area contributed by atoms with Crippen molar-refractivity contribution >= 4 is 18.0 Å². The molecule has 0 saturated heterocycles. The molecule has 0 atom stereocenters. The van der Waals surface area contributed by atoms with Gasteiger partial charge in [-0.25, -0.2) is 0 Å². The molecular formula is C5H7NO3. The highest BCUT2D eigenvalue weighted by atomic mass is 16.2. The molecule has 1 N–H and O–H groups in total. The Labute approximate surface area is 52.2 Å². The lowest BCUT2D eigenvalue weighted by atomic mass is 10.4. The van der Waals surface area contributed by atoms with Gasteiger partial charge in [-0.3, -0.25) is 14.4 Å². The summed E-state index contributed by atoms with van der Waals surface area (Å²) in [5.74, 6) is -0.935. The third kappa shape index (κ3) is 4.67. The molecule has 9 heavy (non-hydrogen) atoms. The van der Waals surface area contributed by atoms with Gasteiger partial charge in [0.1, 0.15) is 0 Å². The minimum atomic E-state index is -0.620. The van der Waals surface area contributed by atoms with E-state index in [1.807, 2.05) is 0 Å². The molecule has 1 amide bonds. The Bertz CT molecular complexity index is 141. The maximum absolute atomic E-state index is 10.1. The van der Waals surface area contributed by atoms with Crippen molar-refractivity contribution in [3.8, 4) is 0 Å². The molecule has 0 aromatic heterocycles. The summed E-state index contributed by atoms with van der Waals surface area (Å²) in [6.45, 7) is 1.08. The first-order valence-corrected chi connectivity index (χ1v) is 2.39. The van der Waals surface area contributed by atoms with E-state index in [1.165, 1.54) is 6.92 Å². The van der Waals surface area contributed by atoms with Crippen molar-refractivity contribution in [1.82, 2.24) is 5.32 Å². The zero-order chi connectivity index (χ0) is 7.28. The van der Waals surface area contributed by atoms with Crippen LogP contribution in [0.15, 0.2) is 0 Å². The van der Waals surface area contributed by atoms with Gasteiger partial charge in [-0.15, -0.1) is 0 Å². The molecule has 0 saturated carbocycles. The van der Waals surface area contributed by atoms with E-state index in [-0.39, 0.29) is 18.7 Å². The Morgan fingerprint density at radius 3 is 2.44 bits per heavy atom. The first kappa shape index (κ1) is 7.81.